The fraction of sp³-hybridized carbons (Fsp3) is 0.222. The molecule has 0 N–H and O–H groups in total. The lowest BCUT2D eigenvalue weighted by atomic mass is 10.2. The van der Waals surface area contributed by atoms with Crippen LogP contribution in [0.15, 0.2) is 35.7 Å². The lowest BCUT2D eigenvalue weighted by Gasteiger charge is -2.11. The number of carbonyl (C=O) groups is 2. The van der Waals surface area contributed by atoms with Crippen molar-refractivity contribution in [3.63, 3.8) is 0 Å². The Hall–Kier alpha value is -3.20. The molecule has 0 aliphatic carbocycles. The van der Waals surface area contributed by atoms with Crippen molar-refractivity contribution >= 4 is 34.3 Å². The maximum atomic E-state index is 12.8. The summed E-state index contributed by atoms with van der Waals surface area (Å²) in [6.07, 6.45) is 0. The number of ether oxygens (including phenoxy) is 3. The molecule has 0 saturated heterocycles. The molecule has 1 aromatic carbocycles. The smallest absolute Gasteiger partial charge is 0.406 e. The van der Waals surface area contributed by atoms with Gasteiger partial charge in [0, 0.05) is 0 Å². The van der Waals surface area contributed by atoms with Crippen molar-refractivity contribution in [2.75, 3.05) is 13.7 Å². The summed E-state index contributed by atoms with van der Waals surface area (Å²) in [6, 6.07) is 8.09. The Balaban J connectivity index is 2.01. The molecule has 0 unspecified atom stereocenters. The van der Waals surface area contributed by atoms with Crippen molar-refractivity contribution < 1.29 is 28.5 Å². The largest absolute Gasteiger partial charge is 0.618 e. The number of hydrogen-bond donors (Lipinski definition) is 0. The van der Waals surface area contributed by atoms with Gasteiger partial charge in [-0.15, -0.1) is 11.3 Å². The zero-order valence-corrected chi connectivity index (χ0v) is 15.4. The SMILES string of the molecule is CCOc1ccc2nc(COC(=O)c3cccs3)c(C(=O)OC)[n+]([O-])c2c1. The van der Waals surface area contributed by atoms with Crippen LogP contribution in [0.1, 0.15) is 32.8 Å². The third kappa shape index (κ3) is 3.82. The molecule has 0 amide bonds. The highest BCUT2D eigenvalue weighted by atomic mass is 32.1. The van der Waals surface area contributed by atoms with Crippen molar-refractivity contribution in [2.45, 2.75) is 13.5 Å². The normalized spacial score (nSPS) is 10.6. The van der Waals surface area contributed by atoms with Crippen LogP contribution in [0.25, 0.3) is 11.0 Å². The Morgan fingerprint density at radius 3 is 2.74 bits per heavy atom. The van der Waals surface area contributed by atoms with E-state index in [4.69, 9.17) is 14.2 Å². The van der Waals surface area contributed by atoms with Crippen LogP contribution in [0.2, 0.25) is 0 Å². The third-order valence-corrected chi connectivity index (χ3v) is 4.50. The summed E-state index contributed by atoms with van der Waals surface area (Å²) in [7, 11) is 1.16. The Labute approximate surface area is 158 Å². The van der Waals surface area contributed by atoms with E-state index in [9.17, 15) is 14.8 Å². The number of nitrogens with zero attached hydrogens (tertiary/aromatic N) is 2. The van der Waals surface area contributed by atoms with Crippen LogP contribution in [0.3, 0.4) is 0 Å². The lowest BCUT2D eigenvalue weighted by molar-refractivity contribution is -0.581. The van der Waals surface area contributed by atoms with E-state index in [1.54, 1.807) is 29.6 Å². The summed E-state index contributed by atoms with van der Waals surface area (Å²) in [5, 5.41) is 14.5. The zero-order valence-electron chi connectivity index (χ0n) is 14.6. The fourth-order valence-corrected chi connectivity index (χ4v) is 3.07. The van der Waals surface area contributed by atoms with Crippen LogP contribution in [-0.2, 0) is 16.1 Å². The second-order valence-corrected chi connectivity index (χ2v) is 6.28. The minimum absolute atomic E-state index is 0.0124. The number of benzene rings is 1. The molecule has 0 bridgehead atoms. The average Bonchev–Trinajstić information content (AvgIpc) is 3.21. The summed E-state index contributed by atoms with van der Waals surface area (Å²) < 4.78 is 15.7. The summed E-state index contributed by atoms with van der Waals surface area (Å²) in [6.45, 7) is 1.91. The molecule has 0 saturated carbocycles. The Kier molecular flexibility index (Phi) is 5.51. The first kappa shape index (κ1) is 18.6. The molecule has 0 aliphatic rings. The minimum Gasteiger partial charge on any atom is -0.618 e. The Bertz CT molecular complexity index is 987. The molecular weight excluding hydrogens is 372 g/mol. The van der Waals surface area contributed by atoms with Crippen LogP contribution in [0, 0.1) is 5.21 Å². The van der Waals surface area contributed by atoms with Crippen molar-refractivity contribution in [3.8, 4) is 5.75 Å². The number of thiophene rings is 1. The van der Waals surface area contributed by atoms with Gasteiger partial charge in [-0.25, -0.2) is 14.6 Å². The van der Waals surface area contributed by atoms with Crippen LogP contribution in [0.5, 0.6) is 5.75 Å². The van der Waals surface area contributed by atoms with Gasteiger partial charge >= 0.3 is 17.6 Å². The number of rotatable bonds is 6. The Morgan fingerprint density at radius 1 is 1.26 bits per heavy atom. The Morgan fingerprint density at radius 2 is 2.07 bits per heavy atom. The highest BCUT2D eigenvalue weighted by Crippen LogP contribution is 2.20. The molecule has 3 rings (SSSR count). The number of hydrogen-bond acceptors (Lipinski definition) is 8. The van der Waals surface area contributed by atoms with Gasteiger partial charge in [0.15, 0.2) is 5.69 Å². The number of carbonyl (C=O) groups excluding carboxylic acids is 2. The van der Waals surface area contributed by atoms with E-state index < -0.39 is 11.9 Å². The molecule has 2 heterocycles. The molecule has 0 spiro atoms. The number of methoxy groups -OCH3 is 1. The quantitative estimate of drug-likeness (QED) is 0.363. The van der Waals surface area contributed by atoms with E-state index in [1.165, 1.54) is 17.4 Å². The standard InChI is InChI=1S/C18H16N2O6S/c1-3-25-11-6-7-12-14(9-11)20(23)16(18(22)24-2)13(19-12)10-26-17(21)15-5-4-8-27-15/h4-9H,3,10H2,1-2H3. The predicted octanol–water partition coefficient (Wildman–Crippen LogP) is 2.47. The van der Waals surface area contributed by atoms with Gasteiger partial charge in [0.25, 0.3) is 0 Å². The topological polar surface area (TPSA) is 102 Å². The summed E-state index contributed by atoms with van der Waals surface area (Å²) >= 11 is 1.23. The average molecular weight is 388 g/mol. The maximum Gasteiger partial charge on any atom is 0.406 e. The molecule has 140 valence electrons. The van der Waals surface area contributed by atoms with Gasteiger partial charge in [-0.2, -0.15) is 4.73 Å². The first-order valence-corrected chi connectivity index (χ1v) is 8.91. The molecule has 27 heavy (non-hydrogen) atoms. The van der Waals surface area contributed by atoms with Gasteiger partial charge in [-0.05, 0) is 30.5 Å². The second-order valence-electron chi connectivity index (χ2n) is 5.33. The molecule has 3 aromatic rings. The van der Waals surface area contributed by atoms with Crippen LogP contribution >= 0.6 is 11.3 Å². The molecule has 0 atom stereocenters. The monoisotopic (exact) mass is 388 g/mol. The van der Waals surface area contributed by atoms with E-state index in [0.717, 1.165) is 7.11 Å². The number of fused-ring (bicyclic) bond motifs is 1. The van der Waals surface area contributed by atoms with Gasteiger partial charge in [-0.1, -0.05) is 6.07 Å². The van der Waals surface area contributed by atoms with E-state index >= 15 is 0 Å². The van der Waals surface area contributed by atoms with Gasteiger partial charge in [0.1, 0.15) is 22.8 Å². The minimum atomic E-state index is -0.872. The maximum absolute atomic E-state index is 12.8. The van der Waals surface area contributed by atoms with Crippen molar-refractivity contribution in [2.24, 2.45) is 0 Å². The van der Waals surface area contributed by atoms with E-state index in [2.05, 4.69) is 4.98 Å². The molecule has 2 aromatic heterocycles. The van der Waals surface area contributed by atoms with Gasteiger partial charge in [0.05, 0.1) is 19.8 Å². The van der Waals surface area contributed by atoms with Crippen molar-refractivity contribution in [1.82, 2.24) is 4.98 Å². The van der Waals surface area contributed by atoms with Gasteiger partial charge in [-0.3, -0.25) is 0 Å². The summed E-state index contributed by atoms with van der Waals surface area (Å²) in [4.78, 5) is 28.9. The van der Waals surface area contributed by atoms with Crippen molar-refractivity contribution in [1.29, 1.82) is 0 Å². The third-order valence-electron chi connectivity index (χ3n) is 3.65. The van der Waals surface area contributed by atoms with E-state index in [1.807, 2.05) is 6.92 Å². The number of esters is 2. The molecule has 0 fully saturated rings. The van der Waals surface area contributed by atoms with Crippen LogP contribution in [0.4, 0.5) is 0 Å². The summed E-state index contributed by atoms with van der Waals surface area (Å²) in [5.41, 5.74) is 0.161. The highest BCUT2D eigenvalue weighted by molar-refractivity contribution is 7.11. The van der Waals surface area contributed by atoms with Crippen LogP contribution < -0.4 is 9.47 Å². The zero-order chi connectivity index (χ0) is 19.4. The first-order valence-electron chi connectivity index (χ1n) is 8.03. The van der Waals surface area contributed by atoms with Crippen LogP contribution in [-0.4, -0.2) is 30.6 Å². The predicted molar refractivity (Wildman–Crippen MR) is 96.7 cm³/mol. The molecular formula is C18H16N2O6S. The summed E-state index contributed by atoms with van der Waals surface area (Å²) in [5.74, 6) is -0.959. The van der Waals surface area contributed by atoms with E-state index in [0.29, 0.717) is 27.5 Å². The number of aromatic nitrogens is 2. The van der Waals surface area contributed by atoms with E-state index in [-0.39, 0.29) is 23.5 Å². The lowest BCUT2D eigenvalue weighted by Crippen LogP contribution is -2.38. The highest BCUT2D eigenvalue weighted by Gasteiger charge is 2.28. The molecule has 0 aliphatic heterocycles. The second kappa shape index (κ2) is 8.00. The van der Waals surface area contributed by atoms with Crippen molar-refractivity contribution in [3.05, 3.63) is 57.2 Å². The molecule has 8 nitrogen and oxygen atoms in total. The first-order chi connectivity index (χ1) is 13.0. The van der Waals surface area contributed by atoms with Gasteiger partial charge in [0.2, 0.25) is 5.52 Å². The van der Waals surface area contributed by atoms with Gasteiger partial charge < -0.3 is 19.4 Å². The fourth-order valence-electron chi connectivity index (χ4n) is 2.45. The molecule has 0 radical (unpaired) electrons. The molecule has 9 heteroatoms.